The van der Waals surface area contributed by atoms with Crippen molar-refractivity contribution < 1.29 is 14.3 Å². The minimum absolute atomic E-state index is 0.000954. The number of nitrogens with zero attached hydrogens (tertiary/aromatic N) is 2. The molecule has 0 aliphatic carbocycles. The minimum Gasteiger partial charge on any atom is -0.444 e. The first kappa shape index (κ1) is 23.2. The number of likely N-dealkylation sites (N-methyl/N-ethyl adjacent to an activating group) is 1. The number of benzene rings is 1. The summed E-state index contributed by atoms with van der Waals surface area (Å²) in [6, 6.07) is 10.1. The third-order valence-electron chi connectivity index (χ3n) is 4.82. The smallest absolute Gasteiger partial charge is 0.407 e. The van der Waals surface area contributed by atoms with E-state index in [-0.39, 0.29) is 11.9 Å². The second-order valence-electron chi connectivity index (χ2n) is 8.67. The van der Waals surface area contributed by atoms with Crippen LogP contribution in [0.15, 0.2) is 30.3 Å². The SMILES string of the molecule is CN1CCN(CC(NC(=O)CCCNC(=O)OC(C)(C)C)c2ccccc2)CC1. The van der Waals surface area contributed by atoms with Crippen LogP contribution >= 0.6 is 0 Å². The van der Waals surface area contributed by atoms with Gasteiger partial charge in [0, 0.05) is 45.7 Å². The van der Waals surface area contributed by atoms with Crippen LogP contribution in [0.3, 0.4) is 0 Å². The molecule has 162 valence electrons. The molecular weight excluding hydrogens is 368 g/mol. The predicted octanol–water partition coefficient (Wildman–Crippen LogP) is 2.40. The van der Waals surface area contributed by atoms with E-state index in [1.54, 1.807) is 0 Å². The van der Waals surface area contributed by atoms with Gasteiger partial charge in [-0.05, 0) is 39.8 Å². The maximum absolute atomic E-state index is 12.5. The summed E-state index contributed by atoms with van der Waals surface area (Å²) in [5.41, 5.74) is 0.597. The fourth-order valence-corrected chi connectivity index (χ4v) is 3.23. The molecule has 0 aromatic heterocycles. The number of hydrogen-bond acceptors (Lipinski definition) is 5. The van der Waals surface area contributed by atoms with Crippen molar-refractivity contribution in [3.05, 3.63) is 35.9 Å². The zero-order valence-electron chi connectivity index (χ0n) is 18.2. The van der Waals surface area contributed by atoms with Crippen molar-refractivity contribution in [2.24, 2.45) is 0 Å². The maximum Gasteiger partial charge on any atom is 0.407 e. The van der Waals surface area contributed by atoms with E-state index in [0.717, 1.165) is 38.3 Å². The lowest BCUT2D eigenvalue weighted by Gasteiger charge is -2.35. The van der Waals surface area contributed by atoms with Crippen LogP contribution in [0, 0.1) is 0 Å². The molecule has 0 bridgehead atoms. The molecule has 1 saturated heterocycles. The zero-order valence-corrected chi connectivity index (χ0v) is 18.2. The van der Waals surface area contributed by atoms with Gasteiger partial charge in [-0.1, -0.05) is 30.3 Å². The van der Waals surface area contributed by atoms with Crippen LogP contribution < -0.4 is 10.6 Å². The van der Waals surface area contributed by atoms with E-state index in [1.165, 1.54) is 0 Å². The highest BCUT2D eigenvalue weighted by Crippen LogP contribution is 2.16. The first-order valence-electron chi connectivity index (χ1n) is 10.4. The summed E-state index contributed by atoms with van der Waals surface area (Å²) in [5, 5.41) is 5.88. The number of carbonyl (C=O) groups excluding carboxylic acids is 2. The van der Waals surface area contributed by atoms with Gasteiger partial charge < -0.3 is 20.3 Å². The van der Waals surface area contributed by atoms with Crippen molar-refractivity contribution >= 4 is 12.0 Å². The van der Waals surface area contributed by atoms with E-state index in [0.29, 0.717) is 19.4 Å². The Morgan fingerprint density at radius 3 is 2.38 bits per heavy atom. The molecule has 7 nitrogen and oxygen atoms in total. The number of rotatable bonds is 8. The standard InChI is InChI=1S/C22H36N4O3/c1-22(2,3)29-21(28)23-12-8-11-20(27)24-19(18-9-6-5-7-10-18)17-26-15-13-25(4)14-16-26/h5-7,9-10,19H,8,11-17H2,1-4H3,(H,23,28)(H,24,27). The molecule has 1 aliphatic heterocycles. The fraction of sp³-hybridized carbons (Fsp3) is 0.636. The molecule has 1 heterocycles. The van der Waals surface area contributed by atoms with Gasteiger partial charge in [-0.25, -0.2) is 4.79 Å². The molecule has 1 aliphatic rings. The lowest BCUT2D eigenvalue weighted by molar-refractivity contribution is -0.122. The minimum atomic E-state index is -0.520. The average Bonchev–Trinajstić information content (AvgIpc) is 2.66. The lowest BCUT2D eigenvalue weighted by atomic mass is 10.1. The quantitative estimate of drug-likeness (QED) is 0.651. The number of nitrogens with one attached hydrogen (secondary N) is 2. The Hall–Kier alpha value is -2.12. The zero-order chi connectivity index (χ0) is 21.3. The third-order valence-corrected chi connectivity index (χ3v) is 4.82. The van der Waals surface area contributed by atoms with Crippen molar-refractivity contribution in [2.45, 2.75) is 45.3 Å². The Balaban J connectivity index is 1.80. The molecule has 1 aromatic carbocycles. The topological polar surface area (TPSA) is 73.9 Å². The largest absolute Gasteiger partial charge is 0.444 e. The number of hydrogen-bond donors (Lipinski definition) is 2. The number of alkyl carbamates (subject to hydrolysis) is 1. The van der Waals surface area contributed by atoms with Gasteiger partial charge in [0.2, 0.25) is 5.91 Å². The number of ether oxygens (including phenoxy) is 1. The molecule has 1 fully saturated rings. The van der Waals surface area contributed by atoms with Gasteiger partial charge in [0.25, 0.3) is 0 Å². The Kier molecular flexibility index (Phi) is 8.92. The third kappa shape index (κ3) is 9.28. The molecule has 0 spiro atoms. The molecule has 1 unspecified atom stereocenters. The van der Waals surface area contributed by atoms with E-state index in [1.807, 2.05) is 39.0 Å². The summed E-state index contributed by atoms with van der Waals surface area (Å²) in [6.07, 6.45) is 0.485. The van der Waals surface area contributed by atoms with E-state index >= 15 is 0 Å². The van der Waals surface area contributed by atoms with Gasteiger partial charge in [-0.3, -0.25) is 9.69 Å². The van der Waals surface area contributed by atoms with Gasteiger partial charge in [0.15, 0.2) is 0 Å². The summed E-state index contributed by atoms with van der Waals surface area (Å²) in [4.78, 5) is 28.9. The molecule has 29 heavy (non-hydrogen) atoms. The molecule has 0 radical (unpaired) electrons. The Morgan fingerprint density at radius 2 is 1.76 bits per heavy atom. The van der Waals surface area contributed by atoms with Gasteiger partial charge in [-0.2, -0.15) is 0 Å². The highest BCUT2D eigenvalue weighted by Gasteiger charge is 2.21. The van der Waals surface area contributed by atoms with E-state index < -0.39 is 11.7 Å². The van der Waals surface area contributed by atoms with Gasteiger partial charge in [0.1, 0.15) is 5.60 Å². The van der Waals surface area contributed by atoms with E-state index in [2.05, 4.69) is 39.6 Å². The average molecular weight is 405 g/mol. The normalized spacial score (nSPS) is 16.8. The Bertz CT molecular complexity index is 637. The van der Waals surface area contributed by atoms with E-state index in [4.69, 9.17) is 4.74 Å². The van der Waals surface area contributed by atoms with Gasteiger partial charge in [-0.15, -0.1) is 0 Å². The van der Waals surface area contributed by atoms with Crippen molar-refractivity contribution in [2.75, 3.05) is 46.3 Å². The summed E-state index contributed by atoms with van der Waals surface area (Å²) < 4.78 is 5.20. The van der Waals surface area contributed by atoms with Crippen LogP contribution in [0.25, 0.3) is 0 Å². The Labute approximate surface area is 174 Å². The van der Waals surface area contributed by atoms with Crippen LogP contribution in [-0.2, 0) is 9.53 Å². The van der Waals surface area contributed by atoms with Crippen LogP contribution in [0.2, 0.25) is 0 Å². The van der Waals surface area contributed by atoms with Gasteiger partial charge in [0.05, 0.1) is 6.04 Å². The first-order chi connectivity index (χ1) is 13.7. The van der Waals surface area contributed by atoms with Crippen molar-refractivity contribution in [1.29, 1.82) is 0 Å². The summed E-state index contributed by atoms with van der Waals surface area (Å²) >= 11 is 0. The molecule has 1 aromatic rings. The van der Waals surface area contributed by atoms with E-state index in [9.17, 15) is 9.59 Å². The fourth-order valence-electron chi connectivity index (χ4n) is 3.23. The number of piperazine rings is 1. The molecule has 2 N–H and O–H groups in total. The van der Waals surface area contributed by atoms with Crippen molar-refractivity contribution in [1.82, 2.24) is 20.4 Å². The number of carbonyl (C=O) groups is 2. The van der Waals surface area contributed by atoms with Crippen LogP contribution in [-0.4, -0.2) is 73.7 Å². The monoisotopic (exact) mass is 404 g/mol. The molecule has 2 rings (SSSR count). The van der Waals surface area contributed by atoms with Crippen molar-refractivity contribution in [3.63, 3.8) is 0 Å². The Morgan fingerprint density at radius 1 is 1.10 bits per heavy atom. The van der Waals surface area contributed by atoms with Crippen LogP contribution in [0.1, 0.15) is 45.2 Å². The van der Waals surface area contributed by atoms with Crippen LogP contribution in [0.5, 0.6) is 0 Å². The summed E-state index contributed by atoms with van der Waals surface area (Å²) in [6.45, 7) is 10.8. The first-order valence-corrected chi connectivity index (χ1v) is 10.4. The molecular formula is C22H36N4O3. The maximum atomic E-state index is 12.5. The van der Waals surface area contributed by atoms with Crippen LogP contribution in [0.4, 0.5) is 4.79 Å². The molecule has 1 atom stereocenters. The summed E-state index contributed by atoms with van der Waals surface area (Å²) in [5.74, 6) is -0.000954. The summed E-state index contributed by atoms with van der Waals surface area (Å²) in [7, 11) is 2.14. The molecule has 0 saturated carbocycles. The highest BCUT2D eigenvalue weighted by molar-refractivity contribution is 5.76. The molecule has 7 heteroatoms. The molecule has 2 amide bonds. The number of amides is 2. The van der Waals surface area contributed by atoms with Gasteiger partial charge >= 0.3 is 6.09 Å². The lowest BCUT2D eigenvalue weighted by Crippen LogP contribution is -2.47. The second kappa shape index (κ2) is 11.2. The van der Waals surface area contributed by atoms with Crippen molar-refractivity contribution in [3.8, 4) is 0 Å². The second-order valence-corrected chi connectivity index (χ2v) is 8.67. The highest BCUT2D eigenvalue weighted by atomic mass is 16.6. The predicted molar refractivity (Wildman–Crippen MR) is 115 cm³/mol.